The highest BCUT2D eigenvalue weighted by Crippen LogP contribution is 2.32. The van der Waals surface area contributed by atoms with Gasteiger partial charge >= 0.3 is 12.4 Å². The Balaban J connectivity index is 1.82. The Labute approximate surface area is 187 Å². The van der Waals surface area contributed by atoms with Gasteiger partial charge in [-0.3, -0.25) is 4.79 Å². The van der Waals surface area contributed by atoms with Crippen molar-refractivity contribution in [2.75, 3.05) is 14.2 Å². The van der Waals surface area contributed by atoms with Gasteiger partial charge in [0.1, 0.15) is 22.7 Å². The first kappa shape index (κ1) is 23.7. The molecule has 0 radical (unpaired) electrons. The molecule has 0 fully saturated rings. The predicted octanol–water partition coefficient (Wildman–Crippen LogP) is 4.54. The molecule has 0 unspecified atom stereocenters. The van der Waals surface area contributed by atoms with Gasteiger partial charge in [-0.05, 0) is 12.1 Å². The SMILES string of the molecule is COCc1cc(C(F)(F)F)cn2cc(C(=O)c3cn4cc(C(F)(F)F)cc(COC)c4n3)nc12. The number of hydrogen-bond donors (Lipinski definition) is 0. The van der Waals surface area contributed by atoms with Crippen molar-refractivity contribution < 1.29 is 40.6 Å². The van der Waals surface area contributed by atoms with Crippen LogP contribution in [0.2, 0.25) is 0 Å². The maximum atomic E-state index is 13.3. The number of rotatable bonds is 6. The van der Waals surface area contributed by atoms with Crippen molar-refractivity contribution in [2.45, 2.75) is 25.6 Å². The topological polar surface area (TPSA) is 70.1 Å². The van der Waals surface area contributed by atoms with Crippen LogP contribution in [0.4, 0.5) is 26.3 Å². The van der Waals surface area contributed by atoms with Crippen molar-refractivity contribution >= 4 is 17.1 Å². The van der Waals surface area contributed by atoms with E-state index in [-0.39, 0.29) is 47.0 Å². The number of ketones is 1. The van der Waals surface area contributed by atoms with Gasteiger partial charge in [0.25, 0.3) is 0 Å². The smallest absolute Gasteiger partial charge is 0.380 e. The lowest BCUT2D eigenvalue weighted by Gasteiger charge is -2.10. The van der Waals surface area contributed by atoms with E-state index >= 15 is 0 Å². The second kappa shape index (κ2) is 8.40. The van der Waals surface area contributed by atoms with E-state index in [1.165, 1.54) is 14.2 Å². The zero-order valence-corrected chi connectivity index (χ0v) is 17.7. The van der Waals surface area contributed by atoms with Gasteiger partial charge in [0, 0.05) is 50.1 Å². The maximum Gasteiger partial charge on any atom is 0.417 e. The van der Waals surface area contributed by atoms with Gasteiger partial charge in [0.2, 0.25) is 5.78 Å². The number of alkyl halides is 6. The van der Waals surface area contributed by atoms with Crippen molar-refractivity contribution in [3.63, 3.8) is 0 Å². The minimum Gasteiger partial charge on any atom is -0.380 e. The standard InChI is InChI=1S/C21H16F6N4O3/c1-33-9-11-3-13(20(22,23)24)5-30-7-15(28-18(11)30)17(32)16-8-31-6-14(21(25,26)27)4-12(10-34-2)19(31)29-16/h3-8H,9-10H2,1-2H3. The number of carbonyl (C=O) groups is 1. The lowest BCUT2D eigenvalue weighted by atomic mass is 10.2. The van der Waals surface area contributed by atoms with Crippen molar-refractivity contribution in [3.8, 4) is 0 Å². The van der Waals surface area contributed by atoms with E-state index < -0.39 is 29.3 Å². The lowest BCUT2D eigenvalue weighted by molar-refractivity contribution is -0.138. The Morgan fingerprint density at radius 1 is 0.765 bits per heavy atom. The summed E-state index contributed by atoms with van der Waals surface area (Å²) in [6.07, 6.45) is -5.50. The third-order valence-electron chi connectivity index (χ3n) is 4.97. The highest BCUT2D eigenvalue weighted by Gasteiger charge is 2.33. The molecule has 0 saturated carbocycles. The summed E-state index contributed by atoms with van der Waals surface area (Å²) in [5.41, 5.74) is -2.04. The van der Waals surface area contributed by atoms with Gasteiger partial charge in [-0.25, -0.2) is 9.97 Å². The van der Waals surface area contributed by atoms with Crippen LogP contribution in [0.3, 0.4) is 0 Å². The molecule has 0 N–H and O–H groups in total. The largest absolute Gasteiger partial charge is 0.417 e. The Hall–Kier alpha value is -3.45. The molecule has 0 amide bonds. The molecule has 0 spiro atoms. The van der Waals surface area contributed by atoms with Crippen LogP contribution in [0.15, 0.2) is 36.9 Å². The molecular formula is C21H16F6N4O3. The minimum atomic E-state index is -4.64. The van der Waals surface area contributed by atoms with Gasteiger partial charge in [0.15, 0.2) is 0 Å². The first-order valence-electron chi connectivity index (χ1n) is 9.62. The Morgan fingerprint density at radius 3 is 1.47 bits per heavy atom. The molecule has 0 aliphatic rings. The van der Waals surface area contributed by atoms with Crippen molar-refractivity contribution in [2.24, 2.45) is 0 Å². The van der Waals surface area contributed by atoms with E-state index in [1.54, 1.807) is 0 Å². The molecule has 4 rings (SSSR count). The maximum absolute atomic E-state index is 13.3. The number of carbonyl (C=O) groups excluding carboxylic acids is 1. The number of methoxy groups -OCH3 is 2. The molecule has 34 heavy (non-hydrogen) atoms. The molecule has 7 nitrogen and oxygen atoms in total. The van der Waals surface area contributed by atoms with Gasteiger partial charge < -0.3 is 18.3 Å². The third kappa shape index (κ3) is 4.35. The number of halogens is 6. The predicted molar refractivity (Wildman–Crippen MR) is 105 cm³/mol. The summed E-state index contributed by atoms with van der Waals surface area (Å²) >= 11 is 0. The van der Waals surface area contributed by atoms with E-state index in [4.69, 9.17) is 9.47 Å². The molecule has 0 atom stereocenters. The normalized spacial score (nSPS) is 12.7. The zero-order chi connectivity index (χ0) is 24.8. The van der Waals surface area contributed by atoms with E-state index in [0.29, 0.717) is 0 Å². The molecule has 0 aliphatic carbocycles. The highest BCUT2D eigenvalue weighted by atomic mass is 19.4. The number of fused-ring (bicyclic) bond motifs is 2. The summed E-state index contributed by atoms with van der Waals surface area (Å²) in [5.74, 6) is -0.777. The van der Waals surface area contributed by atoms with E-state index in [0.717, 1.165) is 45.7 Å². The van der Waals surface area contributed by atoms with E-state index in [9.17, 15) is 31.1 Å². The Morgan fingerprint density at radius 2 is 1.15 bits per heavy atom. The number of nitrogens with zero attached hydrogens (tertiary/aromatic N) is 4. The average Bonchev–Trinajstić information content (AvgIpc) is 3.37. The second-order valence-electron chi connectivity index (χ2n) is 7.41. The van der Waals surface area contributed by atoms with Crippen LogP contribution < -0.4 is 0 Å². The number of ether oxygens (including phenoxy) is 2. The van der Waals surface area contributed by atoms with Crippen molar-refractivity contribution in [3.05, 3.63) is 70.6 Å². The summed E-state index contributed by atoms with van der Waals surface area (Å²) < 4.78 is 91.5. The van der Waals surface area contributed by atoms with E-state index in [2.05, 4.69) is 9.97 Å². The van der Waals surface area contributed by atoms with Crippen LogP contribution in [-0.2, 0) is 35.0 Å². The van der Waals surface area contributed by atoms with Crippen molar-refractivity contribution in [1.82, 2.24) is 18.8 Å². The molecule has 4 aromatic heterocycles. The minimum absolute atomic E-state index is 0.0707. The number of imidazole rings is 2. The lowest BCUT2D eigenvalue weighted by Crippen LogP contribution is -2.08. The summed E-state index contributed by atoms with van der Waals surface area (Å²) in [7, 11) is 2.60. The van der Waals surface area contributed by atoms with Crippen LogP contribution in [-0.4, -0.2) is 38.8 Å². The van der Waals surface area contributed by atoms with Crippen LogP contribution in [0, 0.1) is 0 Å². The quantitative estimate of drug-likeness (QED) is 0.296. The molecular weight excluding hydrogens is 470 g/mol. The molecule has 0 aromatic carbocycles. The van der Waals surface area contributed by atoms with Gasteiger partial charge in [-0.1, -0.05) is 0 Å². The average molecular weight is 486 g/mol. The fourth-order valence-electron chi connectivity index (χ4n) is 3.52. The van der Waals surface area contributed by atoms with Gasteiger partial charge in [0.05, 0.1) is 24.3 Å². The third-order valence-corrected chi connectivity index (χ3v) is 4.97. The van der Waals surface area contributed by atoms with Crippen LogP contribution in [0.1, 0.15) is 38.4 Å². The molecule has 13 heteroatoms. The molecule has 0 bridgehead atoms. The highest BCUT2D eigenvalue weighted by molar-refractivity contribution is 6.07. The second-order valence-corrected chi connectivity index (χ2v) is 7.41. The van der Waals surface area contributed by atoms with Crippen LogP contribution in [0.25, 0.3) is 11.3 Å². The fraction of sp³-hybridized carbons (Fsp3) is 0.286. The summed E-state index contributed by atoms with van der Waals surface area (Å²) in [4.78, 5) is 21.3. The number of pyridine rings is 2. The first-order valence-corrected chi connectivity index (χ1v) is 9.62. The fourth-order valence-corrected chi connectivity index (χ4v) is 3.52. The summed E-state index contributed by atoms with van der Waals surface area (Å²) in [6, 6.07) is 1.75. The Kier molecular flexibility index (Phi) is 5.85. The first-order chi connectivity index (χ1) is 15.9. The van der Waals surface area contributed by atoms with Gasteiger partial charge in [-0.15, -0.1) is 0 Å². The molecule has 0 aliphatic heterocycles. The zero-order valence-electron chi connectivity index (χ0n) is 17.7. The van der Waals surface area contributed by atoms with E-state index in [1.807, 2.05) is 0 Å². The van der Waals surface area contributed by atoms with Crippen LogP contribution in [0.5, 0.6) is 0 Å². The van der Waals surface area contributed by atoms with Gasteiger partial charge in [-0.2, -0.15) is 26.3 Å². The molecule has 0 saturated heterocycles. The molecule has 180 valence electrons. The summed E-state index contributed by atoms with van der Waals surface area (Å²) in [6.45, 7) is -0.375. The monoisotopic (exact) mass is 486 g/mol. The number of aromatic nitrogens is 4. The molecule has 4 aromatic rings. The summed E-state index contributed by atoms with van der Waals surface area (Å²) in [5, 5.41) is 0. The van der Waals surface area contributed by atoms with Crippen LogP contribution >= 0.6 is 0 Å². The molecule has 4 heterocycles. The Bertz CT molecular complexity index is 1280. The number of hydrogen-bond acceptors (Lipinski definition) is 5. The van der Waals surface area contributed by atoms with Crippen molar-refractivity contribution in [1.29, 1.82) is 0 Å².